The van der Waals surface area contributed by atoms with Gasteiger partial charge >= 0.3 is 7.48 Å². The molecule has 0 saturated heterocycles. The van der Waals surface area contributed by atoms with Gasteiger partial charge in [-0.05, 0) is 78.6 Å². The lowest BCUT2D eigenvalue weighted by Crippen LogP contribution is -2.49. The Morgan fingerprint density at radius 2 is 1.33 bits per heavy atom. The summed E-state index contributed by atoms with van der Waals surface area (Å²) in [7, 11) is 1.79. The highest BCUT2D eigenvalue weighted by Gasteiger charge is 2.36. The lowest BCUT2D eigenvalue weighted by molar-refractivity contribution is -0.0893. The van der Waals surface area contributed by atoms with Crippen molar-refractivity contribution < 1.29 is 14.2 Å². The summed E-state index contributed by atoms with van der Waals surface area (Å²) in [5, 5.41) is 17.3. The predicted octanol–water partition coefficient (Wildman–Crippen LogP) is 7.37. The Labute approximate surface area is 211 Å². The van der Waals surface area contributed by atoms with Crippen molar-refractivity contribution in [3.05, 3.63) is 91.0 Å². The molecule has 0 aliphatic carbocycles. The zero-order valence-electron chi connectivity index (χ0n) is 21.0. The summed E-state index contributed by atoms with van der Waals surface area (Å²) in [6, 6.07) is 31.6. The molecular formula is C32H28BO3. The Hall–Kier alpha value is -3.60. The molecule has 0 aliphatic rings. The van der Waals surface area contributed by atoms with Crippen LogP contribution in [-0.2, 0) is 4.65 Å². The van der Waals surface area contributed by atoms with Gasteiger partial charge < -0.3 is 14.2 Å². The molecule has 0 spiro atoms. The van der Waals surface area contributed by atoms with Crippen LogP contribution in [0.15, 0.2) is 95.4 Å². The van der Waals surface area contributed by atoms with Gasteiger partial charge in [-0.15, -0.1) is 0 Å². The lowest BCUT2D eigenvalue weighted by Gasteiger charge is -2.37. The summed E-state index contributed by atoms with van der Waals surface area (Å²) in [6.45, 7) is 7.34. The molecule has 3 nitrogen and oxygen atoms in total. The van der Waals surface area contributed by atoms with Crippen LogP contribution in [0.5, 0.6) is 0 Å². The smallest absolute Gasteiger partial charge is 0.331 e. The van der Waals surface area contributed by atoms with Crippen LogP contribution in [0, 0.1) is 0 Å². The minimum atomic E-state index is -1.00. The number of furan rings is 1. The first-order chi connectivity index (χ1) is 17.2. The minimum absolute atomic E-state index is 0.763. The maximum Gasteiger partial charge on any atom is 0.331 e. The summed E-state index contributed by atoms with van der Waals surface area (Å²) in [5.41, 5.74) is 3.20. The molecule has 4 heteroatoms. The molecule has 1 heterocycles. The Kier molecular flexibility index (Phi) is 5.22. The van der Waals surface area contributed by atoms with E-state index in [2.05, 4.69) is 72.8 Å². The van der Waals surface area contributed by atoms with Crippen LogP contribution >= 0.6 is 0 Å². The van der Waals surface area contributed by atoms with Crippen molar-refractivity contribution in [2.45, 2.75) is 38.9 Å². The molecule has 5 aromatic carbocycles. The predicted molar refractivity (Wildman–Crippen MR) is 151 cm³/mol. The van der Waals surface area contributed by atoms with E-state index in [0.29, 0.717) is 0 Å². The number of hydrogen-bond donors (Lipinski definition) is 1. The molecule has 36 heavy (non-hydrogen) atoms. The third-order valence-corrected chi connectivity index (χ3v) is 7.53. The number of fused-ring (bicyclic) bond motifs is 6. The highest BCUT2D eigenvalue weighted by molar-refractivity contribution is 6.51. The topological polar surface area (TPSA) is 42.6 Å². The van der Waals surface area contributed by atoms with Crippen molar-refractivity contribution in [2.24, 2.45) is 0 Å². The van der Waals surface area contributed by atoms with Gasteiger partial charge in [0.25, 0.3) is 0 Å². The number of aliphatic hydroxyl groups is 1. The van der Waals surface area contributed by atoms with E-state index in [0.717, 1.165) is 60.1 Å². The van der Waals surface area contributed by atoms with Crippen molar-refractivity contribution in [3.8, 4) is 11.1 Å². The second-order valence-electron chi connectivity index (χ2n) is 10.5. The maximum atomic E-state index is 10.6. The van der Waals surface area contributed by atoms with Crippen molar-refractivity contribution in [1.82, 2.24) is 0 Å². The third kappa shape index (κ3) is 3.69. The van der Waals surface area contributed by atoms with Gasteiger partial charge in [0.15, 0.2) is 0 Å². The quantitative estimate of drug-likeness (QED) is 0.267. The molecule has 0 fully saturated rings. The monoisotopic (exact) mass is 471 g/mol. The van der Waals surface area contributed by atoms with Crippen LogP contribution in [-0.4, -0.2) is 23.8 Å². The molecule has 0 atom stereocenters. The van der Waals surface area contributed by atoms with E-state index in [9.17, 15) is 5.11 Å². The van der Waals surface area contributed by atoms with E-state index in [1.807, 2.05) is 32.0 Å². The number of benzene rings is 5. The Morgan fingerprint density at radius 1 is 0.722 bits per heavy atom. The van der Waals surface area contributed by atoms with Gasteiger partial charge in [0.2, 0.25) is 0 Å². The van der Waals surface area contributed by atoms with Gasteiger partial charge in [0.05, 0.1) is 11.2 Å². The fraction of sp³-hybridized carbons (Fsp3) is 0.188. The minimum Gasteiger partial charge on any atom is -0.455 e. The molecule has 0 aliphatic heterocycles. The van der Waals surface area contributed by atoms with Crippen LogP contribution < -0.4 is 5.46 Å². The van der Waals surface area contributed by atoms with Gasteiger partial charge in [0, 0.05) is 16.2 Å². The molecule has 0 saturated carbocycles. The van der Waals surface area contributed by atoms with E-state index in [1.165, 1.54) is 0 Å². The molecule has 6 aromatic rings. The van der Waals surface area contributed by atoms with E-state index >= 15 is 0 Å². The van der Waals surface area contributed by atoms with Crippen LogP contribution in [0.25, 0.3) is 54.6 Å². The number of para-hydroxylation sites is 1. The average Bonchev–Trinajstić information content (AvgIpc) is 3.26. The summed E-state index contributed by atoms with van der Waals surface area (Å²) < 4.78 is 12.6. The fourth-order valence-electron chi connectivity index (χ4n) is 4.74. The molecular weight excluding hydrogens is 443 g/mol. The van der Waals surface area contributed by atoms with Crippen LogP contribution in [0.4, 0.5) is 0 Å². The highest BCUT2D eigenvalue weighted by atomic mass is 16.5. The van der Waals surface area contributed by atoms with Crippen LogP contribution in [0.1, 0.15) is 27.7 Å². The number of hydrogen-bond acceptors (Lipinski definition) is 3. The Bertz CT molecular complexity index is 1750. The summed E-state index contributed by atoms with van der Waals surface area (Å²) in [5.74, 6) is 0. The van der Waals surface area contributed by atoms with Gasteiger partial charge in [-0.25, -0.2) is 0 Å². The molecule has 0 amide bonds. The fourth-order valence-corrected chi connectivity index (χ4v) is 4.74. The number of rotatable bonds is 5. The van der Waals surface area contributed by atoms with Crippen molar-refractivity contribution in [1.29, 1.82) is 0 Å². The van der Waals surface area contributed by atoms with Gasteiger partial charge in [-0.2, -0.15) is 0 Å². The Morgan fingerprint density at radius 3 is 2.06 bits per heavy atom. The van der Waals surface area contributed by atoms with Crippen molar-refractivity contribution in [3.63, 3.8) is 0 Å². The van der Waals surface area contributed by atoms with E-state index in [4.69, 9.17) is 9.07 Å². The second-order valence-corrected chi connectivity index (χ2v) is 10.5. The molecule has 177 valence electrons. The molecule has 6 rings (SSSR count). The van der Waals surface area contributed by atoms with E-state index in [-0.39, 0.29) is 0 Å². The zero-order chi connectivity index (χ0) is 25.1. The summed E-state index contributed by atoms with van der Waals surface area (Å²) in [4.78, 5) is 0. The van der Waals surface area contributed by atoms with E-state index < -0.39 is 11.2 Å². The van der Waals surface area contributed by atoms with E-state index in [1.54, 1.807) is 21.3 Å². The lowest BCUT2D eigenvalue weighted by atomic mass is 9.78. The second kappa shape index (κ2) is 8.23. The standard InChI is InChI=1S/C32H28BO3/c1-31(2,34)32(3,4)36-33-27-19-22(17-20-11-5-7-13-23(20)27)26-18-21-12-6-8-14-24(21)30-29(26)25-15-9-10-16-28(25)35-30/h5-19,34H,1-4H3. The summed E-state index contributed by atoms with van der Waals surface area (Å²) in [6.07, 6.45) is 0. The largest absolute Gasteiger partial charge is 0.455 e. The van der Waals surface area contributed by atoms with Gasteiger partial charge in [-0.1, -0.05) is 72.8 Å². The van der Waals surface area contributed by atoms with Crippen LogP contribution in [0.3, 0.4) is 0 Å². The van der Waals surface area contributed by atoms with Gasteiger partial charge in [0.1, 0.15) is 11.2 Å². The molecule has 1 aromatic heterocycles. The zero-order valence-corrected chi connectivity index (χ0v) is 21.0. The van der Waals surface area contributed by atoms with Crippen molar-refractivity contribution >= 4 is 56.4 Å². The Balaban J connectivity index is 1.61. The SMILES string of the molecule is CC(C)(O)C(C)(C)O[B]c1cc(-c2cc3ccccc3c3oc4ccccc4c23)cc2ccccc12. The first-order valence-electron chi connectivity index (χ1n) is 12.3. The third-order valence-electron chi connectivity index (χ3n) is 7.53. The summed E-state index contributed by atoms with van der Waals surface area (Å²) >= 11 is 0. The first kappa shape index (κ1) is 22.8. The average molecular weight is 471 g/mol. The molecule has 0 bridgehead atoms. The molecule has 0 unspecified atom stereocenters. The van der Waals surface area contributed by atoms with Crippen LogP contribution in [0.2, 0.25) is 0 Å². The maximum absolute atomic E-state index is 10.6. The van der Waals surface area contributed by atoms with Gasteiger partial charge in [-0.3, -0.25) is 0 Å². The van der Waals surface area contributed by atoms with Crippen molar-refractivity contribution in [2.75, 3.05) is 0 Å². The molecule has 1 radical (unpaired) electrons. The normalized spacial score (nSPS) is 12.7. The molecule has 1 N–H and O–H groups in total. The highest BCUT2D eigenvalue weighted by Crippen LogP contribution is 2.41. The first-order valence-corrected chi connectivity index (χ1v) is 12.3.